The molecular formula is C30H19NO2. The highest BCUT2D eigenvalue weighted by Crippen LogP contribution is 2.36. The Bertz CT molecular complexity index is 1790. The minimum absolute atomic E-state index is 0.886. The third-order valence-electron chi connectivity index (χ3n) is 6.28. The third-order valence-corrected chi connectivity index (χ3v) is 6.28. The van der Waals surface area contributed by atoms with Crippen LogP contribution in [0.2, 0.25) is 0 Å². The summed E-state index contributed by atoms with van der Waals surface area (Å²) in [7, 11) is 0. The SMILES string of the molecule is c1ccc2c(c1)oc1cc(-c3ccc(Nc4cccc5oc6ccccc6c45)cc3)ccc12. The van der Waals surface area contributed by atoms with Gasteiger partial charge in [-0.3, -0.25) is 0 Å². The molecular weight excluding hydrogens is 406 g/mol. The smallest absolute Gasteiger partial charge is 0.137 e. The Kier molecular flexibility index (Phi) is 3.84. The van der Waals surface area contributed by atoms with Gasteiger partial charge in [-0.25, -0.2) is 0 Å². The van der Waals surface area contributed by atoms with Gasteiger partial charge in [0.05, 0.1) is 11.1 Å². The first kappa shape index (κ1) is 18.1. The van der Waals surface area contributed by atoms with Crippen LogP contribution in [0.1, 0.15) is 0 Å². The fourth-order valence-electron chi connectivity index (χ4n) is 4.69. The zero-order valence-corrected chi connectivity index (χ0v) is 17.7. The van der Waals surface area contributed by atoms with E-state index in [0.29, 0.717) is 0 Å². The summed E-state index contributed by atoms with van der Waals surface area (Å²) in [6.45, 7) is 0. The zero-order valence-electron chi connectivity index (χ0n) is 17.7. The predicted octanol–water partition coefficient (Wildman–Crippen LogP) is 8.90. The van der Waals surface area contributed by atoms with Crippen LogP contribution in [0.5, 0.6) is 0 Å². The lowest BCUT2D eigenvalue weighted by molar-refractivity contribution is 0.668. The molecule has 7 rings (SSSR count). The van der Waals surface area contributed by atoms with Crippen LogP contribution in [0.4, 0.5) is 11.4 Å². The second-order valence-corrected chi connectivity index (χ2v) is 8.29. The highest BCUT2D eigenvalue weighted by molar-refractivity contribution is 6.12. The van der Waals surface area contributed by atoms with Crippen molar-refractivity contribution in [2.45, 2.75) is 0 Å². The summed E-state index contributed by atoms with van der Waals surface area (Å²) in [6, 6.07) is 37.4. The quantitative estimate of drug-likeness (QED) is 0.307. The van der Waals surface area contributed by atoms with E-state index in [1.165, 1.54) is 0 Å². The van der Waals surface area contributed by atoms with Crippen LogP contribution in [-0.2, 0) is 0 Å². The van der Waals surface area contributed by atoms with E-state index in [9.17, 15) is 0 Å². The van der Waals surface area contributed by atoms with Gasteiger partial charge in [-0.2, -0.15) is 0 Å². The molecule has 0 unspecified atom stereocenters. The van der Waals surface area contributed by atoms with Crippen LogP contribution in [0, 0.1) is 0 Å². The summed E-state index contributed by atoms with van der Waals surface area (Å²) in [5, 5.41) is 8.09. The summed E-state index contributed by atoms with van der Waals surface area (Å²) >= 11 is 0. The third kappa shape index (κ3) is 2.90. The average molecular weight is 425 g/mol. The second-order valence-electron chi connectivity index (χ2n) is 8.29. The number of furan rings is 2. The van der Waals surface area contributed by atoms with Crippen molar-refractivity contribution in [3.05, 3.63) is 109 Å². The number of fused-ring (bicyclic) bond motifs is 6. The number of benzene rings is 5. The fraction of sp³-hybridized carbons (Fsp3) is 0. The molecule has 3 heteroatoms. The highest BCUT2D eigenvalue weighted by atomic mass is 16.3. The monoisotopic (exact) mass is 425 g/mol. The maximum absolute atomic E-state index is 6.06. The molecule has 156 valence electrons. The van der Waals surface area contributed by atoms with Crippen molar-refractivity contribution in [2.75, 3.05) is 5.32 Å². The number of anilines is 2. The molecule has 0 saturated carbocycles. The van der Waals surface area contributed by atoms with Gasteiger partial charge in [-0.15, -0.1) is 0 Å². The molecule has 5 aromatic carbocycles. The van der Waals surface area contributed by atoms with Gasteiger partial charge in [0.1, 0.15) is 22.3 Å². The summed E-state index contributed by atoms with van der Waals surface area (Å²) in [6.07, 6.45) is 0. The predicted molar refractivity (Wildman–Crippen MR) is 136 cm³/mol. The molecule has 0 amide bonds. The molecule has 0 aliphatic heterocycles. The van der Waals surface area contributed by atoms with Gasteiger partial charge in [0.2, 0.25) is 0 Å². The Morgan fingerprint density at radius 1 is 0.455 bits per heavy atom. The van der Waals surface area contributed by atoms with Gasteiger partial charge >= 0.3 is 0 Å². The normalized spacial score (nSPS) is 11.6. The molecule has 0 atom stereocenters. The van der Waals surface area contributed by atoms with Crippen molar-refractivity contribution in [1.29, 1.82) is 0 Å². The van der Waals surface area contributed by atoms with Gasteiger partial charge in [0.25, 0.3) is 0 Å². The molecule has 7 aromatic rings. The maximum atomic E-state index is 6.06. The Hall–Kier alpha value is -4.50. The fourth-order valence-corrected chi connectivity index (χ4v) is 4.69. The summed E-state index contributed by atoms with van der Waals surface area (Å²) in [4.78, 5) is 0. The molecule has 2 aromatic heterocycles. The summed E-state index contributed by atoms with van der Waals surface area (Å²) < 4.78 is 12.1. The van der Waals surface area contributed by atoms with Crippen molar-refractivity contribution < 1.29 is 8.83 Å². The minimum atomic E-state index is 0.886. The molecule has 33 heavy (non-hydrogen) atoms. The molecule has 0 saturated heterocycles. The maximum Gasteiger partial charge on any atom is 0.137 e. The molecule has 0 fully saturated rings. The number of para-hydroxylation sites is 2. The molecule has 0 spiro atoms. The Labute approximate surface area is 189 Å². The van der Waals surface area contributed by atoms with Gasteiger partial charge in [-0.05, 0) is 59.7 Å². The number of nitrogens with one attached hydrogen (secondary N) is 1. The lowest BCUT2D eigenvalue weighted by Crippen LogP contribution is -1.90. The van der Waals surface area contributed by atoms with Gasteiger partial charge in [0, 0.05) is 21.8 Å². The van der Waals surface area contributed by atoms with Gasteiger partial charge in [0.15, 0.2) is 0 Å². The molecule has 0 aliphatic rings. The number of hydrogen-bond acceptors (Lipinski definition) is 3. The van der Waals surface area contributed by atoms with Crippen molar-refractivity contribution in [1.82, 2.24) is 0 Å². The Morgan fingerprint density at radius 2 is 1.09 bits per heavy atom. The summed E-state index contributed by atoms with van der Waals surface area (Å²) in [5.41, 5.74) is 7.97. The van der Waals surface area contributed by atoms with Crippen LogP contribution in [0.3, 0.4) is 0 Å². The molecule has 0 bridgehead atoms. The molecule has 2 heterocycles. The largest absolute Gasteiger partial charge is 0.456 e. The van der Waals surface area contributed by atoms with Crippen molar-refractivity contribution in [2.24, 2.45) is 0 Å². The topological polar surface area (TPSA) is 38.3 Å². The molecule has 1 N–H and O–H groups in total. The molecule has 0 radical (unpaired) electrons. The first-order valence-electron chi connectivity index (χ1n) is 11.0. The van der Waals surface area contributed by atoms with E-state index in [0.717, 1.165) is 66.4 Å². The van der Waals surface area contributed by atoms with Crippen LogP contribution in [0.25, 0.3) is 55.0 Å². The Balaban J connectivity index is 1.24. The van der Waals surface area contributed by atoms with Crippen LogP contribution >= 0.6 is 0 Å². The van der Waals surface area contributed by atoms with E-state index in [2.05, 4.69) is 66.0 Å². The van der Waals surface area contributed by atoms with E-state index in [4.69, 9.17) is 8.83 Å². The van der Waals surface area contributed by atoms with Crippen LogP contribution in [-0.4, -0.2) is 0 Å². The number of rotatable bonds is 3. The molecule has 3 nitrogen and oxygen atoms in total. The Morgan fingerprint density at radius 3 is 1.94 bits per heavy atom. The van der Waals surface area contributed by atoms with E-state index in [1.807, 2.05) is 48.5 Å². The standard InChI is InChI=1S/C30H19NO2/c1-3-9-26-22(6-1)23-17-14-20(18-29(23)33-26)19-12-15-21(16-13-19)31-25-8-5-11-28-30(25)24-7-2-4-10-27(24)32-28/h1-18,31H. The highest BCUT2D eigenvalue weighted by Gasteiger charge is 2.11. The van der Waals surface area contributed by atoms with Crippen molar-refractivity contribution in [3.63, 3.8) is 0 Å². The first-order valence-corrected chi connectivity index (χ1v) is 11.0. The average Bonchev–Trinajstić information content (AvgIpc) is 3.43. The first-order chi connectivity index (χ1) is 16.3. The summed E-state index contributed by atoms with van der Waals surface area (Å²) in [5.74, 6) is 0. The van der Waals surface area contributed by atoms with Gasteiger partial charge in [-0.1, -0.05) is 60.7 Å². The van der Waals surface area contributed by atoms with E-state index in [1.54, 1.807) is 0 Å². The van der Waals surface area contributed by atoms with Crippen LogP contribution in [0.15, 0.2) is 118 Å². The van der Waals surface area contributed by atoms with Crippen molar-refractivity contribution in [3.8, 4) is 11.1 Å². The van der Waals surface area contributed by atoms with Crippen LogP contribution < -0.4 is 5.32 Å². The minimum Gasteiger partial charge on any atom is -0.456 e. The number of hydrogen-bond donors (Lipinski definition) is 1. The van der Waals surface area contributed by atoms with Gasteiger partial charge < -0.3 is 14.2 Å². The van der Waals surface area contributed by atoms with Crippen molar-refractivity contribution >= 4 is 55.3 Å². The second kappa shape index (κ2) is 7.01. The van der Waals surface area contributed by atoms with E-state index < -0.39 is 0 Å². The molecule has 0 aliphatic carbocycles. The zero-order chi connectivity index (χ0) is 21.8. The lowest BCUT2D eigenvalue weighted by Gasteiger charge is -2.09. The van der Waals surface area contributed by atoms with E-state index in [-0.39, 0.29) is 0 Å². The lowest BCUT2D eigenvalue weighted by atomic mass is 10.0. The van der Waals surface area contributed by atoms with E-state index >= 15 is 0 Å².